The molecule has 0 rings (SSSR count). The van der Waals surface area contributed by atoms with Crippen molar-refractivity contribution in [2.24, 2.45) is 5.41 Å². The van der Waals surface area contributed by atoms with Crippen LogP contribution in [0.4, 0.5) is 0 Å². The first-order chi connectivity index (χ1) is 7.99. The summed E-state index contributed by atoms with van der Waals surface area (Å²) in [6.07, 6.45) is 2.51. The molecule has 3 heteroatoms. The second-order valence-electron chi connectivity index (χ2n) is 5.53. The van der Waals surface area contributed by atoms with Crippen molar-refractivity contribution >= 4 is 0 Å². The predicted octanol–water partition coefficient (Wildman–Crippen LogP) is 1.90. The Morgan fingerprint density at radius 2 is 1.53 bits per heavy atom. The van der Waals surface area contributed by atoms with Gasteiger partial charge in [0.2, 0.25) is 0 Å². The van der Waals surface area contributed by atoms with E-state index in [2.05, 4.69) is 57.0 Å². The SMILES string of the molecule is CCNCC(CC)(CC)CN(C)CCN(C)C. The van der Waals surface area contributed by atoms with Crippen LogP contribution >= 0.6 is 0 Å². The summed E-state index contributed by atoms with van der Waals surface area (Å²) in [5, 5.41) is 3.52. The molecule has 1 N–H and O–H groups in total. The summed E-state index contributed by atoms with van der Waals surface area (Å²) in [5.74, 6) is 0. The fourth-order valence-corrected chi connectivity index (χ4v) is 2.19. The zero-order chi connectivity index (χ0) is 13.3. The third-order valence-electron chi connectivity index (χ3n) is 3.78. The second-order valence-corrected chi connectivity index (χ2v) is 5.53. The van der Waals surface area contributed by atoms with Gasteiger partial charge in [0.05, 0.1) is 0 Å². The summed E-state index contributed by atoms with van der Waals surface area (Å²) < 4.78 is 0. The molecule has 0 fully saturated rings. The van der Waals surface area contributed by atoms with E-state index < -0.39 is 0 Å². The van der Waals surface area contributed by atoms with Crippen LogP contribution in [-0.2, 0) is 0 Å². The molecule has 3 nitrogen and oxygen atoms in total. The lowest BCUT2D eigenvalue weighted by Crippen LogP contribution is -2.43. The smallest absolute Gasteiger partial charge is 0.0106 e. The van der Waals surface area contributed by atoms with Gasteiger partial charge in [0, 0.05) is 26.2 Å². The number of hydrogen-bond acceptors (Lipinski definition) is 3. The van der Waals surface area contributed by atoms with E-state index in [1.807, 2.05) is 0 Å². The number of nitrogens with zero attached hydrogens (tertiary/aromatic N) is 2. The highest BCUT2D eigenvalue weighted by molar-refractivity contribution is 4.82. The molecule has 0 radical (unpaired) electrons. The summed E-state index contributed by atoms with van der Waals surface area (Å²) in [5.41, 5.74) is 0.442. The van der Waals surface area contributed by atoms with Gasteiger partial charge in [-0.15, -0.1) is 0 Å². The van der Waals surface area contributed by atoms with E-state index in [9.17, 15) is 0 Å². The highest BCUT2D eigenvalue weighted by atomic mass is 15.2. The molecular weight excluding hydrogens is 210 g/mol. The highest BCUT2D eigenvalue weighted by Crippen LogP contribution is 2.26. The summed E-state index contributed by atoms with van der Waals surface area (Å²) in [6.45, 7) is 12.5. The lowest BCUT2D eigenvalue weighted by Gasteiger charge is -2.36. The van der Waals surface area contributed by atoms with E-state index in [0.717, 1.165) is 26.2 Å². The molecule has 17 heavy (non-hydrogen) atoms. The average molecular weight is 243 g/mol. The maximum absolute atomic E-state index is 3.52. The highest BCUT2D eigenvalue weighted by Gasteiger charge is 2.26. The largest absolute Gasteiger partial charge is 0.316 e. The van der Waals surface area contributed by atoms with Crippen LogP contribution in [0.2, 0.25) is 0 Å². The zero-order valence-corrected chi connectivity index (χ0v) is 12.8. The van der Waals surface area contributed by atoms with Crippen LogP contribution in [0.15, 0.2) is 0 Å². The topological polar surface area (TPSA) is 18.5 Å². The summed E-state index contributed by atoms with van der Waals surface area (Å²) in [7, 11) is 6.52. The van der Waals surface area contributed by atoms with Crippen molar-refractivity contribution in [2.75, 3.05) is 53.9 Å². The minimum Gasteiger partial charge on any atom is -0.316 e. The van der Waals surface area contributed by atoms with Crippen LogP contribution < -0.4 is 5.32 Å². The van der Waals surface area contributed by atoms with Crippen LogP contribution in [0.25, 0.3) is 0 Å². The number of nitrogens with one attached hydrogen (secondary N) is 1. The van der Waals surface area contributed by atoms with Gasteiger partial charge in [0.15, 0.2) is 0 Å². The van der Waals surface area contributed by atoms with Gasteiger partial charge in [-0.1, -0.05) is 20.8 Å². The van der Waals surface area contributed by atoms with E-state index in [-0.39, 0.29) is 0 Å². The van der Waals surface area contributed by atoms with Crippen molar-refractivity contribution in [2.45, 2.75) is 33.6 Å². The van der Waals surface area contributed by atoms with Crippen LogP contribution in [0.3, 0.4) is 0 Å². The molecule has 0 aromatic carbocycles. The van der Waals surface area contributed by atoms with E-state index in [0.29, 0.717) is 5.41 Å². The molecule has 0 unspecified atom stereocenters. The quantitative estimate of drug-likeness (QED) is 0.632. The molecule has 0 amide bonds. The normalized spacial score (nSPS) is 12.7. The van der Waals surface area contributed by atoms with Gasteiger partial charge in [-0.25, -0.2) is 0 Å². The molecule has 0 heterocycles. The first kappa shape index (κ1) is 16.9. The molecule has 0 spiro atoms. The fourth-order valence-electron chi connectivity index (χ4n) is 2.19. The lowest BCUT2D eigenvalue weighted by molar-refractivity contribution is 0.149. The molecule has 0 aromatic rings. The Kier molecular flexibility index (Phi) is 8.83. The van der Waals surface area contributed by atoms with Crippen molar-refractivity contribution in [3.63, 3.8) is 0 Å². The van der Waals surface area contributed by atoms with Gasteiger partial charge >= 0.3 is 0 Å². The average Bonchev–Trinajstić information content (AvgIpc) is 2.32. The van der Waals surface area contributed by atoms with Crippen LogP contribution in [0, 0.1) is 5.41 Å². The minimum absolute atomic E-state index is 0.442. The molecule has 0 saturated heterocycles. The molecule has 104 valence electrons. The van der Waals surface area contributed by atoms with Crippen molar-refractivity contribution in [1.29, 1.82) is 0 Å². The Labute approximate surface area is 109 Å². The van der Waals surface area contributed by atoms with Crippen molar-refractivity contribution in [3.05, 3.63) is 0 Å². The predicted molar refractivity (Wildman–Crippen MR) is 77.6 cm³/mol. The van der Waals surface area contributed by atoms with E-state index in [1.54, 1.807) is 0 Å². The van der Waals surface area contributed by atoms with E-state index >= 15 is 0 Å². The molecule has 0 saturated carbocycles. The lowest BCUT2D eigenvalue weighted by atomic mass is 9.81. The second kappa shape index (κ2) is 8.90. The number of hydrogen-bond donors (Lipinski definition) is 1. The number of rotatable bonds is 10. The van der Waals surface area contributed by atoms with Crippen molar-refractivity contribution in [3.8, 4) is 0 Å². The van der Waals surface area contributed by atoms with Crippen LogP contribution in [0.1, 0.15) is 33.6 Å². The Balaban J connectivity index is 4.21. The zero-order valence-electron chi connectivity index (χ0n) is 12.8. The van der Waals surface area contributed by atoms with Crippen molar-refractivity contribution < 1.29 is 0 Å². The third-order valence-corrected chi connectivity index (χ3v) is 3.78. The minimum atomic E-state index is 0.442. The first-order valence-electron chi connectivity index (χ1n) is 7.03. The van der Waals surface area contributed by atoms with Crippen molar-refractivity contribution in [1.82, 2.24) is 15.1 Å². The van der Waals surface area contributed by atoms with Crippen LogP contribution in [0.5, 0.6) is 0 Å². The molecular formula is C14H33N3. The Hall–Kier alpha value is -0.120. The Bertz CT molecular complexity index is 176. The molecule has 0 bridgehead atoms. The molecule has 0 aliphatic heterocycles. The van der Waals surface area contributed by atoms with Gasteiger partial charge in [-0.2, -0.15) is 0 Å². The van der Waals surface area contributed by atoms with E-state index in [4.69, 9.17) is 0 Å². The van der Waals surface area contributed by atoms with Gasteiger partial charge in [-0.05, 0) is 45.9 Å². The third kappa shape index (κ3) is 7.02. The Morgan fingerprint density at radius 3 is 1.94 bits per heavy atom. The van der Waals surface area contributed by atoms with Gasteiger partial charge in [-0.3, -0.25) is 0 Å². The first-order valence-corrected chi connectivity index (χ1v) is 7.03. The monoisotopic (exact) mass is 243 g/mol. The standard InChI is InChI=1S/C14H33N3/c1-7-14(8-2,12-15-9-3)13-17(6)11-10-16(4)5/h15H,7-13H2,1-6H3. The molecule has 0 aromatic heterocycles. The maximum atomic E-state index is 3.52. The van der Waals surface area contributed by atoms with Crippen LogP contribution in [-0.4, -0.2) is 63.7 Å². The molecule has 0 aliphatic carbocycles. The number of likely N-dealkylation sites (N-methyl/N-ethyl adjacent to an activating group) is 2. The summed E-state index contributed by atoms with van der Waals surface area (Å²) in [4.78, 5) is 4.73. The van der Waals surface area contributed by atoms with Gasteiger partial charge in [0.1, 0.15) is 0 Å². The fraction of sp³-hybridized carbons (Fsp3) is 1.00. The summed E-state index contributed by atoms with van der Waals surface area (Å²) in [6, 6.07) is 0. The molecule has 0 atom stereocenters. The molecule has 0 aliphatic rings. The summed E-state index contributed by atoms with van der Waals surface area (Å²) >= 11 is 0. The Morgan fingerprint density at radius 1 is 0.941 bits per heavy atom. The van der Waals surface area contributed by atoms with Gasteiger partial charge < -0.3 is 15.1 Å². The van der Waals surface area contributed by atoms with Gasteiger partial charge in [0.25, 0.3) is 0 Å². The maximum Gasteiger partial charge on any atom is 0.0106 e. The van der Waals surface area contributed by atoms with E-state index in [1.165, 1.54) is 19.4 Å².